The number of fused-ring (bicyclic) bond motifs is 1. The van der Waals surface area contributed by atoms with Gasteiger partial charge in [0.1, 0.15) is 17.5 Å². The van der Waals surface area contributed by atoms with Crippen LogP contribution in [0.4, 0.5) is 4.39 Å². The van der Waals surface area contributed by atoms with Crippen LogP contribution in [0.3, 0.4) is 0 Å². The summed E-state index contributed by atoms with van der Waals surface area (Å²) in [5.41, 5.74) is 0.714. The number of nitrogens with one attached hydrogen (secondary N) is 1. The number of aromatic amines is 1. The molecule has 0 atom stereocenters. The van der Waals surface area contributed by atoms with Gasteiger partial charge in [0.15, 0.2) is 11.4 Å². The van der Waals surface area contributed by atoms with Crippen molar-refractivity contribution in [1.82, 2.24) is 4.98 Å². The normalized spacial score (nSPS) is 9.16. The second-order valence-corrected chi connectivity index (χ2v) is 3.14. The number of ether oxygens (including phenoxy) is 1. The lowest BCUT2D eigenvalue weighted by atomic mass is 10.4. The number of carbonyl (C=O) groups excluding carboxylic acids is 1. The monoisotopic (exact) mass is 271 g/mol. The summed E-state index contributed by atoms with van der Waals surface area (Å²) in [6.07, 6.45) is 1.74. The topological polar surface area (TPSA) is 55.2 Å². The third-order valence-electron chi connectivity index (χ3n) is 1.97. The van der Waals surface area contributed by atoms with E-state index in [4.69, 9.17) is 9.15 Å². The standard InChI is InChI=1S/C10H10FNO3.2C2H6/c1-2-3-14-10(13)7-4-8-9(12-7)6(11)5-15-8;2*1-2/h4-5,12H,2-3H2,1H3;2*1-2H3. The van der Waals surface area contributed by atoms with Crippen molar-refractivity contribution in [3.8, 4) is 0 Å². The molecule has 0 bridgehead atoms. The first kappa shape index (κ1) is 17.2. The first-order valence-electron chi connectivity index (χ1n) is 6.65. The van der Waals surface area contributed by atoms with Gasteiger partial charge in [-0.2, -0.15) is 0 Å². The van der Waals surface area contributed by atoms with Gasteiger partial charge in [0.05, 0.1) is 6.61 Å². The zero-order valence-electron chi connectivity index (χ0n) is 12.2. The highest BCUT2D eigenvalue weighted by molar-refractivity contribution is 5.93. The molecule has 2 rings (SSSR count). The number of H-pyrrole nitrogens is 1. The Hall–Kier alpha value is -1.78. The molecule has 108 valence electrons. The maximum absolute atomic E-state index is 13.0. The second kappa shape index (κ2) is 9.19. The maximum Gasteiger partial charge on any atom is 0.354 e. The SMILES string of the molecule is CC.CC.CCCOC(=O)c1cc2occ(F)c2[nH]1. The van der Waals surface area contributed by atoms with E-state index >= 15 is 0 Å². The van der Waals surface area contributed by atoms with Crippen molar-refractivity contribution >= 4 is 17.1 Å². The Morgan fingerprint density at radius 1 is 1.37 bits per heavy atom. The van der Waals surface area contributed by atoms with Crippen LogP contribution in [0.25, 0.3) is 11.1 Å². The third kappa shape index (κ3) is 4.43. The molecule has 0 unspecified atom stereocenters. The summed E-state index contributed by atoms with van der Waals surface area (Å²) in [5, 5.41) is 0. The van der Waals surface area contributed by atoms with Crippen molar-refractivity contribution in [2.75, 3.05) is 6.61 Å². The maximum atomic E-state index is 13.0. The van der Waals surface area contributed by atoms with Crippen molar-refractivity contribution in [3.63, 3.8) is 0 Å². The van der Waals surface area contributed by atoms with Crippen LogP contribution in [0.15, 0.2) is 16.7 Å². The molecule has 0 aliphatic carbocycles. The molecule has 0 saturated carbocycles. The highest BCUT2D eigenvalue weighted by atomic mass is 19.1. The first-order valence-corrected chi connectivity index (χ1v) is 6.65. The summed E-state index contributed by atoms with van der Waals surface area (Å²) in [4.78, 5) is 14.0. The fraction of sp³-hybridized carbons (Fsp3) is 0.500. The number of furan rings is 1. The fourth-order valence-corrected chi connectivity index (χ4v) is 1.26. The van der Waals surface area contributed by atoms with Crippen molar-refractivity contribution in [1.29, 1.82) is 0 Å². The van der Waals surface area contributed by atoms with Gasteiger partial charge >= 0.3 is 5.97 Å². The molecule has 4 nitrogen and oxygen atoms in total. The summed E-state index contributed by atoms with van der Waals surface area (Å²) in [5.74, 6) is -1.01. The van der Waals surface area contributed by atoms with Crippen LogP contribution >= 0.6 is 0 Å². The highest BCUT2D eigenvalue weighted by Crippen LogP contribution is 2.20. The largest absolute Gasteiger partial charge is 0.461 e. The van der Waals surface area contributed by atoms with Gasteiger partial charge in [-0.1, -0.05) is 34.6 Å². The van der Waals surface area contributed by atoms with E-state index in [0.717, 1.165) is 12.7 Å². The zero-order chi connectivity index (χ0) is 14.8. The molecule has 0 fully saturated rings. The molecule has 5 heteroatoms. The van der Waals surface area contributed by atoms with Gasteiger partial charge in [0.25, 0.3) is 0 Å². The Labute approximate surface area is 112 Å². The van der Waals surface area contributed by atoms with Crippen molar-refractivity contribution in [2.45, 2.75) is 41.0 Å². The predicted molar refractivity (Wildman–Crippen MR) is 73.8 cm³/mol. The van der Waals surface area contributed by atoms with Gasteiger partial charge in [-0.25, -0.2) is 9.18 Å². The average Bonchev–Trinajstić information content (AvgIpc) is 3.03. The number of aromatic nitrogens is 1. The summed E-state index contributed by atoms with van der Waals surface area (Å²) >= 11 is 0. The van der Waals surface area contributed by atoms with Crippen molar-refractivity contribution in [2.24, 2.45) is 0 Å². The van der Waals surface area contributed by atoms with Crippen molar-refractivity contribution < 1.29 is 18.3 Å². The Bertz CT molecular complexity index is 488. The van der Waals surface area contributed by atoms with Crippen LogP contribution in [0, 0.1) is 5.82 Å². The minimum absolute atomic E-state index is 0.193. The third-order valence-corrected chi connectivity index (χ3v) is 1.97. The van der Waals surface area contributed by atoms with Crippen LogP contribution in [0.2, 0.25) is 0 Å². The molecule has 0 aliphatic heterocycles. The summed E-state index contributed by atoms with van der Waals surface area (Å²) in [7, 11) is 0. The lowest BCUT2D eigenvalue weighted by Crippen LogP contribution is -2.05. The molecule has 2 aromatic rings. The van der Waals surface area contributed by atoms with Gasteiger partial charge in [0, 0.05) is 6.07 Å². The second-order valence-electron chi connectivity index (χ2n) is 3.14. The number of hydrogen-bond acceptors (Lipinski definition) is 3. The van der Waals surface area contributed by atoms with E-state index in [1.54, 1.807) is 0 Å². The summed E-state index contributed by atoms with van der Waals surface area (Å²) in [6.45, 7) is 10.2. The van der Waals surface area contributed by atoms with E-state index in [1.807, 2.05) is 34.6 Å². The molecule has 19 heavy (non-hydrogen) atoms. The quantitative estimate of drug-likeness (QED) is 0.835. The average molecular weight is 271 g/mol. The van der Waals surface area contributed by atoms with Gasteiger partial charge < -0.3 is 14.1 Å². The molecule has 0 radical (unpaired) electrons. The lowest BCUT2D eigenvalue weighted by molar-refractivity contribution is 0.0499. The van der Waals surface area contributed by atoms with E-state index in [2.05, 4.69) is 4.98 Å². The summed E-state index contributed by atoms with van der Waals surface area (Å²) in [6, 6.07) is 1.43. The van der Waals surface area contributed by atoms with Crippen LogP contribution in [0.5, 0.6) is 0 Å². The minimum Gasteiger partial charge on any atom is -0.461 e. The molecular weight excluding hydrogens is 249 g/mol. The first-order chi connectivity index (χ1) is 9.22. The van der Waals surface area contributed by atoms with E-state index < -0.39 is 11.8 Å². The Kier molecular flexibility index (Phi) is 8.33. The Morgan fingerprint density at radius 2 is 2.00 bits per heavy atom. The molecule has 2 aromatic heterocycles. The molecular formula is C14H22FNO3. The molecule has 0 spiro atoms. The lowest BCUT2D eigenvalue weighted by Gasteiger charge is -1.99. The molecule has 1 N–H and O–H groups in total. The summed E-state index contributed by atoms with van der Waals surface area (Å²) < 4.78 is 22.7. The Balaban J connectivity index is 0.000000741. The zero-order valence-corrected chi connectivity index (χ0v) is 12.2. The number of hydrogen-bond donors (Lipinski definition) is 1. The highest BCUT2D eigenvalue weighted by Gasteiger charge is 2.15. The van der Waals surface area contributed by atoms with Gasteiger partial charge in [-0.3, -0.25) is 0 Å². The fourth-order valence-electron chi connectivity index (χ4n) is 1.26. The van der Waals surface area contributed by atoms with E-state index in [9.17, 15) is 9.18 Å². The predicted octanol–water partition coefficient (Wildman–Crippen LogP) is 4.52. The molecule has 2 heterocycles. The number of rotatable bonds is 3. The van der Waals surface area contributed by atoms with Crippen LogP contribution in [-0.4, -0.2) is 17.6 Å². The van der Waals surface area contributed by atoms with Crippen LogP contribution in [-0.2, 0) is 4.74 Å². The van der Waals surface area contributed by atoms with Crippen LogP contribution < -0.4 is 0 Å². The molecule has 0 aromatic carbocycles. The van der Waals surface area contributed by atoms with E-state index in [0.29, 0.717) is 12.2 Å². The van der Waals surface area contributed by atoms with E-state index in [1.165, 1.54) is 6.07 Å². The van der Waals surface area contributed by atoms with Gasteiger partial charge in [-0.05, 0) is 6.42 Å². The van der Waals surface area contributed by atoms with Crippen molar-refractivity contribution in [3.05, 3.63) is 23.8 Å². The smallest absolute Gasteiger partial charge is 0.354 e. The van der Waals surface area contributed by atoms with E-state index in [-0.39, 0.29) is 11.2 Å². The number of carbonyl (C=O) groups is 1. The molecule has 0 amide bonds. The molecule has 0 saturated heterocycles. The molecule has 0 aliphatic rings. The number of esters is 1. The number of halogens is 1. The van der Waals surface area contributed by atoms with Gasteiger partial charge in [0.2, 0.25) is 0 Å². The van der Waals surface area contributed by atoms with Crippen LogP contribution in [0.1, 0.15) is 51.5 Å². The Morgan fingerprint density at radius 3 is 2.53 bits per heavy atom. The van der Waals surface area contributed by atoms with Gasteiger partial charge in [-0.15, -0.1) is 0 Å². The minimum atomic E-state index is -0.514.